The summed E-state index contributed by atoms with van der Waals surface area (Å²) in [4.78, 5) is 11.5. The number of aromatic nitrogens is 1. The minimum atomic E-state index is 0.155. The van der Waals surface area contributed by atoms with E-state index in [9.17, 15) is 4.79 Å². The van der Waals surface area contributed by atoms with Crippen LogP contribution in [0.1, 0.15) is 12.1 Å². The molecule has 0 aliphatic carbocycles. The molecule has 0 bridgehead atoms. The summed E-state index contributed by atoms with van der Waals surface area (Å²) >= 11 is 0. The van der Waals surface area contributed by atoms with Crippen LogP contribution < -0.4 is 10.6 Å². The van der Waals surface area contributed by atoms with Crippen LogP contribution in [0.3, 0.4) is 0 Å². The van der Waals surface area contributed by atoms with Gasteiger partial charge in [-0.15, -0.1) is 0 Å². The molecule has 1 fully saturated rings. The van der Waals surface area contributed by atoms with Gasteiger partial charge in [-0.1, -0.05) is 0 Å². The Balaban J connectivity index is 1.73. The molecule has 1 aliphatic heterocycles. The normalized spacial score (nSPS) is 16.1. The molecule has 1 saturated heterocycles. The summed E-state index contributed by atoms with van der Waals surface area (Å²) in [7, 11) is 1.98. The number of carbonyl (C=O) groups excluding carboxylic acids is 1. The summed E-state index contributed by atoms with van der Waals surface area (Å²) in [5.74, 6) is 0.695. The SMILES string of the molecule is Cn1cccc1CNC(=O)CC1CNC1. The molecule has 1 aliphatic rings. The zero-order valence-corrected chi connectivity index (χ0v) is 8.99. The molecule has 1 aromatic rings. The number of carbonyl (C=O) groups is 1. The molecule has 82 valence electrons. The van der Waals surface area contributed by atoms with Crippen molar-refractivity contribution in [3.8, 4) is 0 Å². The lowest BCUT2D eigenvalue weighted by molar-refractivity contribution is -0.122. The third-order valence-corrected chi connectivity index (χ3v) is 2.86. The van der Waals surface area contributed by atoms with E-state index in [4.69, 9.17) is 0 Å². The lowest BCUT2D eigenvalue weighted by Gasteiger charge is -2.26. The fourth-order valence-corrected chi connectivity index (χ4v) is 1.70. The predicted molar refractivity (Wildman–Crippen MR) is 58.2 cm³/mol. The highest BCUT2D eigenvalue weighted by atomic mass is 16.1. The molecule has 4 nitrogen and oxygen atoms in total. The van der Waals surface area contributed by atoms with E-state index in [1.54, 1.807) is 0 Å². The zero-order valence-electron chi connectivity index (χ0n) is 8.99. The number of amides is 1. The van der Waals surface area contributed by atoms with Gasteiger partial charge in [-0.2, -0.15) is 0 Å². The molecule has 2 N–H and O–H groups in total. The Hall–Kier alpha value is -1.29. The van der Waals surface area contributed by atoms with Gasteiger partial charge in [-0.3, -0.25) is 4.79 Å². The first-order valence-corrected chi connectivity index (χ1v) is 5.33. The van der Waals surface area contributed by atoms with Crippen LogP contribution in [0.2, 0.25) is 0 Å². The van der Waals surface area contributed by atoms with Gasteiger partial charge in [0.25, 0.3) is 0 Å². The van der Waals surface area contributed by atoms with Gasteiger partial charge in [-0.25, -0.2) is 0 Å². The van der Waals surface area contributed by atoms with Crippen molar-refractivity contribution in [3.63, 3.8) is 0 Å². The van der Waals surface area contributed by atoms with Gasteiger partial charge in [0.15, 0.2) is 0 Å². The molecule has 0 spiro atoms. The van der Waals surface area contributed by atoms with E-state index < -0.39 is 0 Å². The quantitative estimate of drug-likeness (QED) is 0.743. The van der Waals surface area contributed by atoms with Crippen molar-refractivity contribution in [1.29, 1.82) is 0 Å². The number of hydrogen-bond acceptors (Lipinski definition) is 2. The summed E-state index contributed by atoms with van der Waals surface area (Å²) < 4.78 is 2.02. The molecular formula is C11H17N3O. The summed E-state index contributed by atoms with van der Waals surface area (Å²) in [6, 6.07) is 4.00. The molecule has 2 rings (SSSR count). The van der Waals surface area contributed by atoms with Crippen molar-refractivity contribution in [2.24, 2.45) is 13.0 Å². The van der Waals surface area contributed by atoms with Gasteiger partial charge in [0.05, 0.1) is 6.54 Å². The van der Waals surface area contributed by atoms with E-state index in [0.717, 1.165) is 18.8 Å². The number of nitrogens with zero attached hydrogens (tertiary/aromatic N) is 1. The van der Waals surface area contributed by atoms with E-state index in [1.165, 1.54) is 0 Å². The van der Waals surface area contributed by atoms with Crippen LogP contribution in [-0.4, -0.2) is 23.6 Å². The largest absolute Gasteiger partial charge is 0.353 e. The molecular weight excluding hydrogens is 190 g/mol. The second-order valence-corrected chi connectivity index (χ2v) is 4.12. The fraction of sp³-hybridized carbons (Fsp3) is 0.545. The van der Waals surface area contributed by atoms with E-state index in [2.05, 4.69) is 10.6 Å². The number of nitrogens with one attached hydrogen (secondary N) is 2. The van der Waals surface area contributed by atoms with Crippen LogP contribution in [0.25, 0.3) is 0 Å². The summed E-state index contributed by atoms with van der Waals surface area (Å²) in [5, 5.41) is 6.10. The molecule has 0 saturated carbocycles. The third kappa shape index (κ3) is 2.59. The Bertz CT molecular complexity index is 341. The van der Waals surface area contributed by atoms with E-state index in [0.29, 0.717) is 18.9 Å². The van der Waals surface area contributed by atoms with Gasteiger partial charge in [0, 0.05) is 25.4 Å². The van der Waals surface area contributed by atoms with E-state index in [-0.39, 0.29) is 5.91 Å². The van der Waals surface area contributed by atoms with Crippen LogP contribution in [0.5, 0.6) is 0 Å². The highest BCUT2D eigenvalue weighted by molar-refractivity contribution is 5.76. The van der Waals surface area contributed by atoms with Gasteiger partial charge in [0.1, 0.15) is 0 Å². The molecule has 0 radical (unpaired) electrons. The van der Waals surface area contributed by atoms with Crippen LogP contribution in [0.15, 0.2) is 18.3 Å². The predicted octanol–water partition coefficient (Wildman–Crippen LogP) is 0.251. The average Bonchev–Trinajstić information content (AvgIpc) is 2.55. The van der Waals surface area contributed by atoms with Crippen LogP contribution in [0.4, 0.5) is 0 Å². The Labute approximate surface area is 89.7 Å². The monoisotopic (exact) mass is 207 g/mol. The first kappa shape index (κ1) is 10.2. The third-order valence-electron chi connectivity index (χ3n) is 2.86. The van der Waals surface area contributed by atoms with Crippen molar-refractivity contribution in [2.45, 2.75) is 13.0 Å². The molecule has 1 amide bonds. The second kappa shape index (κ2) is 4.49. The second-order valence-electron chi connectivity index (χ2n) is 4.12. The first-order valence-electron chi connectivity index (χ1n) is 5.33. The summed E-state index contributed by atoms with van der Waals surface area (Å²) in [6.07, 6.45) is 2.63. The number of hydrogen-bond donors (Lipinski definition) is 2. The summed E-state index contributed by atoms with van der Waals surface area (Å²) in [6.45, 7) is 2.59. The van der Waals surface area contributed by atoms with Crippen molar-refractivity contribution < 1.29 is 4.79 Å². The van der Waals surface area contributed by atoms with Crippen molar-refractivity contribution in [3.05, 3.63) is 24.0 Å². The Morgan fingerprint density at radius 1 is 1.67 bits per heavy atom. The standard InChI is InChI=1S/C11H17N3O/c1-14-4-2-3-10(14)8-13-11(15)5-9-6-12-7-9/h2-4,9,12H,5-8H2,1H3,(H,13,15). The highest BCUT2D eigenvalue weighted by Crippen LogP contribution is 2.07. The lowest BCUT2D eigenvalue weighted by atomic mass is 9.99. The Kier molecular flexibility index (Phi) is 3.06. The maximum absolute atomic E-state index is 11.5. The number of rotatable bonds is 4. The smallest absolute Gasteiger partial charge is 0.220 e. The molecule has 0 unspecified atom stereocenters. The Morgan fingerprint density at radius 2 is 2.47 bits per heavy atom. The fourth-order valence-electron chi connectivity index (χ4n) is 1.70. The van der Waals surface area contributed by atoms with Crippen LogP contribution in [0, 0.1) is 5.92 Å². The van der Waals surface area contributed by atoms with Crippen molar-refractivity contribution in [1.82, 2.24) is 15.2 Å². The van der Waals surface area contributed by atoms with Crippen molar-refractivity contribution >= 4 is 5.91 Å². The van der Waals surface area contributed by atoms with Crippen LogP contribution >= 0.6 is 0 Å². The molecule has 15 heavy (non-hydrogen) atoms. The molecule has 0 atom stereocenters. The van der Waals surface area contributed by atoms with E-state index in [1.807, 2.05) is 29.9 Å². The highest BCUT2D eigenvalue weighted by Gasteiger charge is 2.19. The minimum Gasteiger partial charge on any atom is -0.353 e. The van der Waals surface area contributed by atoms with Crippen LogP contribution in [-0.2, 0) is 18.4 Å². The first-order chi connectivity index (χ1) is 7.25. The lowest BCUT2D eigenvalue weighted by Crippen LogP contribution is -2.44. The van der Waals surface area contributed by atoms with E-state index >= 15 is 0 Å². The van der Waals surface area contributed by atoms with Gasteiger partial charge >= 0.3 is 0 Å². The zero-order chi connectivity index (χ0) is 10.7. The number of aryl methyl sites for hydroxylation is 1. The van der Waals surface area contributed by atoms with Gasteiger partial charge in [0.2, 0.25) is 5.91 Å². The maximum atomic E-state index is 11.5. The molecule has 1 aromatic heterocycles. The summed E-state index contributed by atoms with van der Waals surface area (Å²) in [5.41, 5.74) is 1.13. The Morgan fingerprint density at radius 3 is 3.00 bits per heavy atom. The molecule has 4 heteroatoms. The topological polar surface area (TPSA) is 46.1 Å². The van der Waals surface area contributed by atoms with Gasteiger partial charge < -0.3 is 15.2 Å². The van der Waals surface area contributed by atoms with Crippen molar-refractivity contribution in [2.75, 3.05) is 13.1 Å². The average molecular weight is 207 g/mol. The maximum Gasteiger partial charge on any atom is 0.220 e. The molecule has 2 heterocycles. The minimum absolute atomic E-state index is 0.155. The van der Waals surface area contributed by atoms with Gasteiger partial charge in [-0.05, 0) is 31.1 Å². The molecule has 0 aromatic carbocycles.